The molecule has 1 N–H and O–H groups in total. The highest BCUT2D eigenvalue weighted by atomic mass is 33.2. The first kappa shape index (κ1) is 24.1. The fourth-order valence-electron chi connectivity index (χ4n) is 1.72. The number of anilines is 2. The van der Waals surface area contributed by atoms with Crippen molar-refractivity contribution in [3.63, 3.8) is 0 Å². The molecular formula is C11H21N5O10S2. The zero-order valence-corrected chi connectivity index (χ0v) is 17.1. The van der Waals surface area contributed by atoms with Crippen LogP contribution in [-0.2, 0) is 37.2 Å². The molecule has 0 amide bonds. The Bertz CT molecular complexity index is 788. The van der Waals surface area contributed by atoms with Gasteiger partial charge >= 0.3 is 24.3 Å². The molecule has 15 nitrogen and oxygen atoms in total. The minimum absolute atomic E-state index is 0.0731. The van der Waals surface area contributed by atoms with Crippen molar-refractivity contribution in [1.29, 1.82) is 0 Å². The molecule has 0 aliphatic rings. The average Bonchev–Trinajstić information content (AvgIpc) is 2.59. The Kier molecular flexibility index (Phi) is 9.14. The molecule has 28 heavy (non-hydrogen) atoms. The topological polar surface area (TPSA) is 180 Å². The van der Waals surface area contributed by atoms with Gasteiger partial charge in [0.15, 0.2) is 0 Å². The minimum Gasteiger partial charge on any atom is -0.364 e. The van der Waals surface area contributed by atoms with Gasteiger partial charge in [0.1, 0.15) is 26.9 Å². The number of methoxy groups -OCH3 is 4. The van der Waals surface area contributed by atoms with Gasteiger partial charge in [0, 0.05) is 28.4 Å². The van der Waals surface area contributed by atoms with Crippen LogP contribution in [0.1, 0.15) is 0 Å². The van der Waals surface area contributed by atoms with E-state index >= 15 is 0 Å². The monoisotopic (exact) mass is 447 g/mol. The van der Waals surface area contributed by atoms with E-state index < -0.39 is 24.3 Å². The number of aromatic nitrogens is 3. The van der Waals surface area contributed by atoms with Crippen LogP contribution in [-0.4, -0.2) is 91.7 Å². The van der Waals surface area contributed by atoms with Crippen LogP contribution in [0.5, 0.6) is 6.01 Å². The van der Waals surface area contributed by atoms with E-state index in [9.17, 15) is 16.8 Å². The van der Waals surface area contributed by atoms with Crippen molar-refractivity contribution in [2.24, 2.45) is 0 Å². The van der Waals surface area contributed by atoms with Crippen molar-refractivity contribution >= 4 is 30.2 Å². The summed E-state index contributed by atoms with van der Waals surface area (Å²) in [6, 6.07) is -0.924. The normalized spacial score (nSPS) is 12.0. The highest BCUT2D eigenvalue weighted by Crippen LogP contribution is 2.20. The first-order valence-electron chi connectivity index (χ1n) is 7.23. The Morgan fingerprint density at radius 2 is 1.11 bits per heavy atom. The van der Waals surface area contributed by atoms with Crippen molar-refractivity contribution in [3.05, 3.63) is 0 Å². The summed E-state index contributed by atoms with van der Waals surface area (Å²) in [5.74, 6) is -0.349. The third-order valence-electron chi connectivity index (χ3n) is 2.73. The molecule has 0 radical (unpaired) electrons. The van der Waals surface area contributed by atoms with Crippen LogP contribution in [0.2, 0.25) is 0 Å². The summed E-state index contributed by atoms with van der Waals surface area (Å²) in [6.45, 7) is -0.292. The predicted octanol–water partition coefficient (Wildman–Crippen LogP) is -1.59. The summed E-state index contributed by atoms with van der Waals surface area (Å²) in [7, 11) is -5.53. The van der Waals surface area contributed by atoms with Crippen molar-refractivity contribution in [2.45, 2.75) is 0 Å². The molecule has 1 rings (SSSR count). The van der Waals surface area contributed by atoms with Gasteiger partial charge in [0.05, 0.1) is 0 Å². The van der Waals surface area contributed by atoms with Gasteiger partial charge in [-0.2, -0.15) is 31.8 Å². The molecule has 1 aromatic rings. The fraction of sp³-hybridized carbons (Fsp3) is 0.727. The maximum absolute atomic E-state index is 11.6. The van der Waals surface area contributed by atoms with E-state index in [0.29, 0.717) is 0 Å². The first-order valence-corrected chi connectivity index (χ1v) is 10.6. The zero-order valence-electron chi connectivity index (χ0n) is 15.5. The number of rotatable bonds is 13. The van der Waals surface area contributed by atoms with Gasteiger partial charge in [-0.15, -0.1) is 0 Å². The number of nitrogens with zero attached hydrogens (tertiary/aromatic N) is 5. The lowest BCUT2D eigenvalue weighted by Gasteiger charge is -2.24. The Morgan fingerprint density at radius 1 is 0.750 bits per heavy atom. The fourth-order valence-corrected chi connectivity index (χ4v) is 2.50. The second kappa shape index (κ2) is 10.6. The highest BCUT2D eigenvalue weighted by molar-refractivity contribution is 8.63. The van der Waals surface area contributed by atoms with E-state index in [1.165, 1.54) is 38.2 Å². The van der Waals surface area contributed by atoms with Crippen LogP contribution in [0.15, 0.2) is 0 Å². The van der Waals surface area contributed by atoms with Crippen molar-refractivity contribution in [1.82, 2.24) is 15.0 Å². The molecule has 0 aliphatic heterocycles. The lowest BCUT2D eigenvalue weighted by atomic mass is 10.7. The van der Waals surface area contributed by atoms with Gasteiger partial charge in [0.25, 0.3) is 0 Å². The number of hydrogen-bond donors (Lipinski definition) is 1. The van der Waals surface area contributed by atoms with E-state index in [0.717, 1.165) is 0 Å². The van der Waals surface area contributed by atoms with Gasteiger partial charge in [-0.3, -0.25) is 14.4 Å². The molecule has 17 heteroatoms. The summed E-state index contributed by atoms with van der Waals surface area (Å²) >= 11 is 0. The van der Waals surface area contributed by atoms with Gasteiger partial charge in [0.2, 0.25) is 11.9 Å². The van der Waals surface area contributed by atoms with E-state index in [-0.39, 0.29) is 38.8 Å². The quantitative estimate of drug-likeness (QED) is 0.207. The van der Waals surface area contributed by atoms with Crippen LogP contribution in [0.3, 0.4) is 0 Å². The smallest absolute Gasteiger partial charge is 0.364 e. The molecule has 0 aliphatic carbocycles. The molecule has 0 bridgehead atoms. The van der Waals surface area contributed by atoms with E-state index in [1.807, 2.05) is 0 Å². The molecule has 0 saturated carbocycles. The molecule has 1 aromatic heterocycles. The molecule has 0 saturated heterocycles. The van der Waals surface area contributed by atoms with Crippen LogP contribution in [0.4, 0.5) is 11.9 Å². The Hall–Kier alpha value is -1.89. The third-order valence-corrected chi connectivity index (χ3v) is 5.35. The standard InChI is InChI=1S/C11H21N5O10S2/c1-22-5-15(6-23-2)9-12-10(16(7-24-3)8-25-4)14-11(13-9)26-28(20,21)27(17,18)19/h5-8H2,1-4H3,(H,17,18,19). The van der Waals surface area contributed by atoms with Gasteiger partial charge in [-0.1, -0.05) is 0 Å². The summed E-state index contributed by atoms with van der Waals surface area (Å²) in [4.78, 5) is 14.2. The molecule has 0 aromatic carbocycles. The summed E-state index contributed by atoms with van der Waals surface area (Å²) in [6.07, 6.45) is 0. The third kappa shape index (κ3) is 6.62. The largest absolute Gasteiger partial charge is 0.446 e. The molecule has 0 fully saturated rings. The lowest BCUT2D eigenvalue weighted by molar-refractivity contribution is 0.136. The van der Waals surface area contributed by atoms with E-state index in [4.69, 9.17) is 23.5 Å². The maximum atomic E-state index is 11.6. The van der Waals surface area contributed by atoms with Crippen molar-refractivity contribution < 1.29 is 44.5 Å². The number of hydrogen-bond acceptors (Lipinski definition) is 14. The lowest BCUT2D eigenvalue weighted by Crippen LogP contribution is -2.33. The SMILES string of the molecule is COCN(COC)c1nc(OS(=O)(=O)S(=O)(=O)O)nc(N(COC)COC)n1. The Balaban J connectivity index is 3.48. The Morgan fingerprint density at radius 3 is 1.39 bits per heavy atom. The van der Waals surface area contributed by atoms with Crippen LogP contribution in [0.25, 0.3) is 0 Å². The van der Waals surface area contributed by atoms with Gasteiger partial charge < -0.3 is 23.1 Å². The molecule has 1 heterocycles. The average molecular weight is 447 g/mol. The predicted molar refractivity (Wildman–Crippen MR) is 93.4 cm³/mol. The van der Waals surface area contributed by atoms with Gasteiger partial charge in [-0.25, -0.2) is 0 Å². The summed E-state index contributed by atoms with van der Waals surface area (Å²) in [5.41, 5.74) is 0. The molecule has 162 valence electrons. The first-order chi connectivity index (χ1) is 13.1. The van der Waals surface area contributed by atoms with Crippen molar-refractivity contribution in [3.8, 4) is 6.01 Å². The molecular weight excluding hydrogens is 426 g/mol. The van der Waals surface area contributed by atoms with E-state index in [2.05, 4.69) is 19.1 Å². The maximum Gasteiger partial charge on any atom is 0.446 e. The summed E-state index contributed by atoms with van der Waals surface area (Å²) in [5, 5.41) is 0. The second-order valence-corrected chi connectivity index (χ2v) is 9.22. The second-order valence-electron chi connectivity index (χ2n) is 4.89. The zero-order chi connectivity index (χ0) is 21.4. The Labute approximate surface area is 161 Å². The number of ether oxygens (including phenoxy) is 4. The van der Waals surface area contributed by atoms with E-state index in [1.54, 1.807) is 0 Å². The molecule has 0 unspecified atom stereocenters. The molecule has 0 atom stereocenters. The highest BCUT2D eigenvalue weighted by Gasteiger charge is 2.32. The van der Waals surface area contributed by atoms with Crippen LogP contribution in [0, 0.1) is 0 Å². The van der Waals surface area contributed by atoms with Crippen LogP contribution >= 0.6 is 0 Å². The summed E-state index contributed by atoms with van der Waals surface area (Å²) < 4.78 is 78.2. The van der Waals surface area contributed by atoms with Crippen molar-refractivity contribution in [2.75, 3.05) is 65.2 Å². The minimum atomic E-state index is -5.58. The van der Waals surface area contributed by atoms with Crippen LogP contribution < -0.4 is 14.0 Å². The van der Waals surface area contributed by atoms with Gasteiger partial charge in [-0.05, 0) is 0 Å². The molecule has 0 spiro atoms.